The second-order valence-corrected chi connectivity index (χ2v) is 6.04. The van der Waals surface area contributed by atoms with Gasteiger partial charge in [0.1, 0.15) is 5.75 Å². The van der Waals surface area contributed by atoms with Crippen molar-refractivity contribution in [2.45, 2.75) is 0 Å². The number of anilines is 1. The zero-order chi connectivity index (χ0) is 19.9. The molecule has 0 aliphatic carbocycles. The first kappa shape index (κ1) is 19.3. The van der Waals surface area contributed by atoms with Gasteiger partial charge in [-0.05, 0) is 24.3 Å². The molecule has 0 radical (unpaired) electrons. The van der Waals surface area contributed by atoms with Crippen molar-refractivity contribution in [2.24, 2.45) is 0 Å². The van der Waals surface area contributed by atoms with Crippen molar-refractivity contribution in [3.63, 3.8) is 0 Å². The maximum Gasteiger partial charge on any atom is 0.269 e. The zero-order valence-corrected chi connectivity index (χ0v) is 15.0. The van der Waals surface area contributed by atoms with Gasteiger partial charge in [-0.25, -0.2) is 0 Å². The molecule has 2 aromatic rings. The number of nitrogens with zero attached hydrogens (tertiary/aromatic N) is 2. The smallest absolute Gasteiger partial charge is 0.269 e. The molecule has 1 saturated heterocycles. The highest BCUT2D eigenvalue weighted by Gasteiger charge is 2.21. The summed E-state index contributed by atoms with van der Waals surface area (Å²) >= 11 is 0. The van der Waals surface area contributed by atoms with E-state index in [4.69, 9.17) is 9.47 Å². The molecule has 2 amide bonds. The number of amides is 2. The average Bonchev–Trinajstić information content (AvgIpc) is 2.73. The van der Waals surface area contributed by atoms with E-state index in [-0.39, 0.29) is 18.2 Å². The molecule has 9 nitrogen and oxygen atoms in total. The summed E-state index contributed by atoms with van der Waals surface area (Å²) in [6.07, 6.45) is 0. The van der Waals surface area contributed by atoms with Crippen LogP contribution in [0.1, 0.15) is 10.4 Å². The Morgan fingerprint density at radius 2 is 1.79 bits per heavy atom. The number of carbonyl (C=O) groups is 2. The highest BCUT2D eigenvalue weighted by Crippen LogP contribution is 2.21. The number of hydrogen-bond acceptors (Lipinski definition) is 6. The lowest BCUT2D eigenvalue weighted by molar-refractivity contribution is -0.384. The molecule has 0 spiro atoms. The van der Waals surface area contributed by atoms with Gasteiger partial charge in [-0.15, -0.1) is 0 Å². The van der Waals surface area contributed by atoms with Gasteiger partial charge in [0.2, 0.25) is 0 Å². The van der Waals surface area contributed by atoms with Crippen LogP contribution in [0.2, 0.25) is 0 Å². The second kappa shape index (κ2) is 8.96. The standard InChI is InChI=1S/C19H19N3O6/c23-18(20-14-5-7-15(8-6-14)22(25)26)13-28-17-4-2-1-3-16(17)19(24)21-9-11-27-12-10-21/h1-8H,9-13H2,(H,20,23). The summed E-state index contributed by atoms with van der Waals surface area (Å²) in [6, 6.07) is 12.2. The highest BCUT2D eigenvalue weighted by molar-refractivity contribution is 5.97. The van der Waals surface area contributed by atoms with E-state index in [0.29, 0.717) is 43.3 Å². The summed E-state index contributed by atoms with van der Waals surface area (Å²) in [5.74, 6) is -0.296. The third-order valence-corrected chi connectivity index (χ3v) is 4.14. The number of non-ortho nitro benzene ring substituents is 1. The van der Waals surface area contributed by atoms with E-state index >= 15 is 0 Å². The third-order valence-electron chi connectivity index (χ3n) is 4.14. The Balaban J connectivity index is 1.60. The normalized spacial score (nSPS) is 13.6. The molecular weight excluding hydrogens is 366 g/mol. The summed E-state index contributed by atoms with van der Waals surface area (Å²) in [5, 5.41) is 13.2. The van der Waals surface area contributed by atoms with Crippen LogP contribution in [0.3, 0.4) is 0 Å². The van der Waals surface area contributed by atoms with Crippen molar-refractivity contribution in [3.05, 3.63) is 64.2 Å². The summed E-state index contributed by atoms with van der Waals surface area (Å²) in [7, 11) is 0. The number of nitro groups is 1. The fraction of sp³-hybridized carbons (Fsp3) is 0.263. The lowest BCUT2D eigenvalue weighted by Crippen LogP contribution is -2.40. The Kier molecular flexibility index (Phi) is 6.18. The topological polar surface area (TPSA) is 111 Å². The van der Waals surface area contributed by atoms with Crippen LogP contribution in [0, 0.1) is 10.1 Å². The van der Waals surface area contributed by atoms with Gasteiger partial charge >= 0.3 is 0 Å². The minimum atomic E-state index is -0.517. The van der Waals surface area contributed by atoms with E-state index in [1.807, 2.05) is 0 Å². The highest BCUT2D eigenvalue weighted by atomic mass is 16.6. The molecule has 1 heterocycles. The minimum Gasteiger partial charge on any atom is -0.483 e. The number of benzene rings is 2. The molecule has 0 atom stereocenters. The van der Waals surface area contributed by atoms with Gasteiger partial charge in [0.05, 0.1) is 23.7 Å². The Bertz CT molecular complexity index is 862. The third kappa shape index (κ3) is 4.83. The number of ether oxygens (including phenoxy) is 2. The molecule has 3 rings (SSSR count). The largest absolute Gasteiger partial charge is 0.483 e. The first-order valence-corrected chi connectivity index (χ1v) is 8.68. The summed E-state index contributed by atoms with van der Waals surface area (Å²) in [6.45, 7) is 1.70. The molecule has 1 aliphatic rings. The predicted octanol–water partition coefficient (Wildman–Crippen LogP) is 2.08. The van der Waals surface area contributed by atoms with Gasteiger partial charge in [0.25, 0.3) is 17.5 Å². The molecule has 2 aromatic carbocycles. The quantitative estimate of drug-likeness (QED) is 0.602. The van der Waals surface area contributed by atoms with Crippen molar-refractivity contribution in [3.8, 4) is 5.75 Å². The monoisotopic (exact) mass is 385 g/mol. The summed E-state index contributed by atoms with van der Waals surface area (Å²) in [5.41, 5.74) is 0.731. The molecule has 0 aromatic heterocycles. The Morgan fingerprint density at radius 3 is 2.46 bits per heavy atom. The van der Waals surface area contributed by atoms with Crippen molar-refractivity contribution in [2.75, 3.05) is 38.2 Å². The molecule has 0 unspecified atom stereocenters. The predicted molar refractivity (Wildman–Crippen MR) is 100 cm³/mol. The van der Waals surface area contributed by atoms with Gasteiger partial charge in [0.15, 0.2) is 6.61 Å². The molecule has 0 saturated carbocycles. The van der Waals surface area contributed by atoms with Gasteiger partial charge in [-0.1, -0.05) is 12.1 Å². The minimum absolute atomic E-state index is 0.0650. The molecule has 1 fully saturated rings. The van der Waals surface area contributed by atoms with Crippen LogP contribution >= 0.6 is 0 Å². The number of hydrogen-bond donors (Lipinski definition) is 1. The number of nitro benzene ring substituents is 1. The molecule has 9 heteroatoms. The molecule has 28 heavy (non-hydrogen) atoms. The van der Waals surface area contributed by atoms with Crippen LogP contribution in [-0.4, -0.2) is 54.5 Å². The van der Waals surface area contributed by atoms with Gasteiger partial charge in [-0.2, -0.15) is 0 Å². The Morgan fingerprint density at radius 1 is 1.11 bits per heavy atom. The molecule has 146 valence electrons. The van der Waals surface area contributed by atoms with Gasteiger partial charge in [-0.3, -0.25) is 19.7 Å². The molecular formula is C19H19N3O6. The number of nitrogens with one attached hydrogen (secondary N) is 1. The zero-order valence-electron chi connectivity index (χ0n) is 15.0. The number of morpholine rings is 1. The number of carbonyl (C=O) groups excluding carboxylic acids is 2. The van der Waals surface area contributed by atoms with E-state index in [1.54, 1.807) is 29.2 Å². The van der Waals surface area contributed by atoms with Crippen LogP contribution in [0.5, 0.6) is 5.75 Å². The second-order valence-electron chi connectivity index (χ2n) is 6.04. The van der Waals surface area contributed by atoms with E-state index < -0.39 is 10.8 Å². The van der Waals surface area contributed by atoms with Crippen molar-refractivity contribution >= 4 is 23.2 Å². The fourth-order valence-electron chi connectivity index (χ4n) is 2.71. The average molecular weight is 385 g/mol. The first-order chi connectivity index (χ1) is 13.5. The molecule has 1 N–H and O–H groups in total. The van der Waals surface area contributed by atoms with E-state index in [9.17, 15) is 19.7 Å². The Labute approximate surface area is 161 Å². The molecule has 0 bridgehead atoms. The molecule has 1 aliphatic heterocycles. The van der Waals surface area contributed by atoms with Gasteiger partial charge in [0, 0.05) is 30.9 Å². The van der Waals surface area contributed by atoms with Crippen LogP contribution in [0.4, 0.5) is 11.4 Å². The Hall–Kier alpha value is -3.46. The van der Waals surface area contributed by atoms with Crippen molar-refractivity contribution in [1.29, 1.82) is 0 Å². The number of para-hydroxylation sites is 1. The van der Waals surface area contributed by atoms with Crippen LogP contribution in [0.15, 0.2) is 48.5 Å². The fourth-order valence-corrected chi connectivity index (χ4v) is 2.71. The lowest BCUT2D eigenvalue weighted by atomic mass is 10.1. The first-order valence-electron chi connectivity index (χ1n) is 8.68. The maximum atomic E-state index is 12.7. The van der Waals surface area contributed by atoms with Crippen LogP contribution in [0.25, 0.3) is 0 Å². The maximum absolute atomic E-state index is 12.7. The number of rotatable bonds is 6. The van der Waals surface area contributed by atoms with Crippen molar-refractivity contribution in [1.82, 2.24) is 4.90 Å². The lowest BCUT2D eigenvalue weighted by Gasteiger charge is -2.27. The summed E-state index contributed by atoms with van der Waals surface area (Å²) in [4.78, 5) is 36.6. The SMILES string of the molecule is O=C(COc1ccccc1C(=O)N1CCOCC1)Nc1ccc([N+](=O)[O-])cc1. The van der Waals surface area contributed by atoms with E-state index in [0.717, 1.165) is 0 Å². The summed E-state index contributed by atoms with van der Waals surface area (Å²) < 4.78 is 10.8. The van der Waals surface area contributed by atoms with Crippen molar-refractivity contribution < 1.29 is 24.0 Å². The van der Waals surface area contributed by atoms with Crippen LogP contribution < -0.4 is 10.1 Å². The van der Waals surface area contributed by atoms with E-state index in [2.05, 4.69) is 5.32 Å². The van der Waals surface area contributed by atoms with Crippen LogP contribution in [-0.2, 0) is 9.53 Å². The van der Waals surface area contributed by atoms with E-state index in [1.165, 1.54) is 24.3 Å². The van der Waals surface area contributed by atoms with Gasteiger partial charge < -0.3 is 19.7 Å².